The van der Waals surface area contributed by atoms with Gasteiger partial charge in [-0.15, -0.1) is 0 Å². The Morgan fingerprint density at radius 1 is 0.917 bits per heavy atom. The molecule has 7 nitrogen and oxygen atoms in total. The number of pyridine rings is 1. The summed E-state index contributed by atoms with van der Waals surface area (Å²) in [4.78, 5) is 16.4. The van der Waals surface area contributed by atoms with Crippen LogP contribution in [0.2, 0.25) is 0 Å². The first kappa shape index (κ1) is 16.2. The number of hydrogen-bond acceptors (Lipinski definition) is 6. The third kappa shape index (κ3) is 3.73. The van der Waals surface area contributed by atoms with Crippen LogP contribution in [0.4, 0.5) is 11.5 Å². The molecule has 0 radical (unpaired) electrons. The Balaban J connectivity index is 2.33. The summed E-state index contributed by atoms with van der Waals surface area (Å²) < 4.78 is 0. The number of para-hydroxylation sites is 1. The van der Waals surface area contributed by atoms with E-state index in [1.807, 2.05) is 0 Å². The van der Waals surface area contributed by atoms with Crippen molar-refractivity contribution in [3.8, 4) is 18.2 Å². The second-order valence-electron chi connectivity index (χ2n) is 4.43. The molecule has 0 bridgehead atoms. The number of amides is 1. The van der Waals surface area contributed by atoms with Crippen LogP contribution in [0.5, 0.6) is 0 Å². The molecule has 1 heterocycles. The predicted octanol–water partition coefficient (Wildman–Crippen LogP) is 2.57. The summed E-state index contributed by atoms with van der Waals surface area (Å²) in [5.41, 5.74) is -0.0489. The van der Waals surface area contributed by atoms with Crippen LogP contribution in [-0.4, -0.2) is 10.9 Å². The fourth-order valence-corrected chi connectivity index (χ4v) is 1.83. The molecule has 1 aromatic heterocycles. The summed E-state index contributed by atoms with van der Waals surface area (Å²) >= 11 is 0. The van der Waals surface area contributed by atoms with E-state index in [1.54, 1.807) is 66.9 Å². The Bertz CT molecular complexity index is 897. The maximum absolute atomic E-state index is 12.4. The first-order valence-corrected chi connectivity index (χ1v) is 6.72. The highest BCUT2D eigenvalue weighted by Gasteiger charge is 2.14. The number of allylic oxidation sites excluding steroid dienone is 2. The van der Waals surface area contributed by atoms with Crippen LogP contribution >= 0.6 is 0 Å². The number of benzene rings is 1. The second-order valence-corrected chi connectivity index (χ2v) is 4.43. The summed E-state index contributed by atoms with van der Waals surface area (Å²) in [6, 6.07) is 16.5. The van der Waals surface area contributed by atoms with Crippen molar-refractivity contribution in [3.05, 3.63) is 65.5 Å². The van der Waals surface area contributed by atoms with E-state index in [0.717, 1.165) is 0 Å². The van der Waals surface area contributed by atoms with Crippen molar-refractivity contribution in [2.75, 3.05) is 10.6 Å². The second kappa shape index (κ2) is 7.74. The van der Waals surface area contributed by atoms with E-state index in [-0.39, 0.29) is 16.8 Å². The SMILES string of the molecule is N#CC(C#N)=C(C#N)Nc1ccccc1C(=O)Nc1ccccn1. The average Bonchev–Trinajstić information content (AvgIpc) is 2.63. The Labute approximate surface area is 138 Å². The summed E-state index contributed by atoms with van der Waals surface area (Å²) in [5.74, 6) is -0.0624. The van der Waals surface area contributed by atoms with E-state index in [4.69, 9.17) is 15.8 Å². The molecule has 24 heavy (non-hydrogen) atoms. The number of hydrogen-bond donors (Lipinski definition) is 2. The Kier molecular flexibility index (Phi) is 5.23. The summed E-state index contributed by atoms with van der Waals surface area (Å²) in [5, 5.41) is 32.1. The Morgan fingerprint density at radius 3 is 2.25 bits per heavy atom. The molecule has 114 valence electrons. The lowest BCUT2D eigenvalue weighted by Gasteiger charge is -2.11. The number of carbonyl (C=O) groups is 1. The van der Waals surface area contributed by atoms with Crippen molar-refractivity contribution >= 4 is 17.4 Å². The van der Waals surface area contributed by atoms with Gasteiger partial charge in [0.05, 0.1) is 11.3 Å². The number of anilines is 2. The molecule has 0 spiro atoms. The number of aromatic nitrogens is 1. The van der Waals surface area contributed by atoms with Crippen LogP contribution in [0.15, 0.2) is 59.9 Å². The monoisotopic (exact) mass is 314 g/mol. The molecule has 0 saturated heterocycles. The number of nitrogens with zero attached hydrogens (tertiary/aromatic N) is 4. The topological polar surface area (TPSA) is 125 Å². The van der Waals surface area contributed by atoms with Crippen molar-refractivity contribution in [1.82, 2.24) is 4.98 Å². The molecule has 2 N–H and O–H groups in total. The highest BCUT2D eigenvalue weighted by Crippen LogP contribution is 2.19. The fraction of sp³-hybridized carbons (Fsp3) is 0. The molecular formula is C17H10N6O. The van der Waals surface area contributed by atoms with E-state index in [0.29, 0.717) is 11.5 Å². The minimum absolute atomic E-state index is 0.224. The van der Waals surface area contributed by atoms with Gasteiger partial charge >= 0.3 is 0 Å². The zero-order valence-electron chi connectivity index (χ0n) is 12.3. The van der Waals surface area contributed by atoms with Crippen LogP contribution in [0.1, 0.15) is 10.4 Å². The predicted molar refractivity (Wildman–Crippen MR) is 86.1 cm³/mol. The van der Waals surface area contributed by atoms with Gasteiger partial charge in [0.25, 0.3) is 5.91 Å². The van der Waals surface area contributed by atoms with Gasteiger partial charge < -0.3 is 10.6 Å². The van der Waals surface area contributed by atoms with Crippen molar-refractivity contribution in [3.63, 3.8) is 0 Å². The van der Waals surface area contributed by atoms with E-state index >= 15 is 0 Å². The molecule has 0 aliphatic rings. The standard InChI is InChI=1S/C17H10N6O/c18-9-12(10-19)15(11-20)22-14-6-2-1-5-13(14)17(24)23-16-7-3-4-8-21-16/h1-8,22H,(H,21,23,24). The highest BCUT2D eigenvalue weighted by molar-refractivity contribution is 6.07. The highest BCUT2D eigenvalue weighted by atomic mass is 16.1. The van der Waals surface area contributed by atoms with Gasteiger partial charge in [0.1, 0.15) is 29.7 Å². The number of nitrogens with one attached hydrogen (secondary N) is 2. The van der Waals surface area contributed by atoms with Gasteiger partial charge in [-0.2, -0.15) is 15.8 Å². The number of nitriles is 3. The smallest absolute Gasteiger partial charge is 0.258 e. The lowest BCUT2D eigenvalue weighted by molar-refractivity contribution is 0.102. The lowest BCUT2D eigenvalue weighted by Crippen LogP contribution is -2.15. The third-order valence-electron chi connectivity index (χ3n) is 2.92. The van der Waals surface area contributed by atoms with E-state index in [9.17, 15) is 4.79 Å². The molecular weight excluding hydrogens is 304 g/mol. The molecule has 2 aromatic rings. The first-order valence-electron chi connectivity index (χ1n) is 6.72. The number of rotatable bonds is 4. The normalized spacial score (nSPS) is 8.88. The summed E-state index contributed by atoms with van der Waals surface area (Å²) in [7, 11) is 0. The maximum atomic E-state index is 12.4. The van der Waals surface area contributed by atoms with Crippen molar-refractivity contribution < 1.29 is 4.79 Å². The largest absolute Gasteiger partial charge is 0.344 e. The molecule has 0 aliphatic carbocycles. The average molecular weight is 314 g/mol. The van der Waals surface area contributed by atoms with Gasteiger partial charge in [0.2, 0.25) is 0 Å². The maximum Gasteiger partial charge on any atom is 0.258 e. The minimum Gasteiger partial charge on any atom is -0.344 e. The summed E-state index contributed by atoms with van der Waals surface area (Å²) in [6.07, 6.45) is 1.54. The molecule has 7 heteroatoms. The quantitative estimate of drug-likeness (QED) is 0.835. The zero-order valence-corrected chi connectivity index (χ0v) is 12.3. The van der Waals surface area contributed by atoms with Crippen molar-refractivity contribution in [1.29, 1.82) is 15.8 Å². The molecule has 1 amide bonds. The lowest BCUT2D eigenvalue weighted by atomic mass is 10.1. The van der Waals surface area contributed by atoms with Gasteiger partial charge in [-0.1, -0.05) is 18.2 Å². The fourth-order valence-electron chi connectivity index (χ4n) is 1.83. The summed E-state index contributed by atoms with van der Waals surface area (Å²) in [6.45, 7) is 0. The Hall–Kier alpha value is -4.15. The van der Waals surface area contributed by atoms with Crippen LogP contribution < -0.4 is 10.6 Å². The zero-order chi connectivity index (χ0) is 17.4. The van der Waals surface area contributed by atoms with Crippen LogP contribution in [0, 0.1) is 34.0 Å². The van der Waals surface area contributed by atoms with E-state index in [1.165, 1.54) is 0 Å². The first-order chi connectivity index (χ1) is 11.7. The Morgan fingerprint density at radius 2 is 1.62 bits per heavy atom. The van der Waals surface area contributed by atoms with Gasteiger partial charge in [0, 0.05) is 6.20 Å². The van der Waals surface area contributed by atoms with Crippen molar-refractivity contribution in [2.24, 2.45) is 0 Å². The van der Waals surface area contributed by atoms with Crippen molar-refractivity contribution in [2.45, 2.75) is 0 Å². The molecule has 2 rings (SSSR count). The van der Waals surface area contributed by atoms with Crippen LogP contribution in [0.3, 0.4) is 0 Å². The molecule has 1 aromatic carbocycles. The molecule has 0 fully saturated rings. The van der Waals surface area contributed by atoms with Gasteiger partial charge in [-0.3, -0.25) is 4.79 Å². The minimum atomic E-state index is -0.440. The van der Waals surface area contributed by atoms with Crippen LogP contribution in [0.25, 0.3) is 0 Å². The van der Waals surface area contributed by atoms with Gasteiger partial charge in [-0.05, 0) is 24.3 Å². The third-order valence-corrected chi connectivity index (χ3v) is 2.92. The molecule has 0 aliphatic heterocycles. The van der Waals surface area contributed by atoms with E-state index in [2.05, 4.69) is 15.6 Å². The van der Waals surface area contributed by atoms with Crippen LogP contribution in [-0.2, 0) is 0 Å². The van der Waals surface area contributed by atoms with Gasteiger partial charge in [-0.25, -0.2) is 4.98 Å². The van der Waals surface area contributed by atoms with E-state index < -0.39 is 5.91 Å². The molecule has 0 saturated carbocycles. The number of carbonyl (C=O) groups excluding carboxylic acids is 1. The molecule has 0 unspecified atom stereocenters. The molecule has 0 atom stereocenters. The van der Waals surface area contributed by atoms with Gasteiger partial charge in [0.15, 0.2) is 5.57 Å².